The molecular formula is C43H52N4O6S. The van der Waals surface area contributed by atoms with Gasteiger partial charge in [0.05, 0.1) is 24.4 Å². The number of fused-ring (bicyclic) bond motifs is 1. The van der Waals surface area contributed by atoms with Gasteiger partial charge in [-0.2, -0.15) is 0 Å². The van der Waals surface area contributed by atoms with Crippen molar-refractivity contribution < 1.29 is 28.7 Å². The lowest BCUT2D eigenvalue weighted by Gasteiger charge is -2.40. The van der Waals surface area contributed by atoms with E-state index in [9.17, 15) is 24.0 Å². The first kappa shape index (κ1) is 39.2. The lowest BCUT2D eigenvalue weighted by atomic mass is 9.82. The molecule has 3 aromatic rings. The zero-order valence-corrected chi connectivity index (χ0v) is 32.0. The van der Waals surface area contributed by atoms with Gasteiger partial charge in [0, 0.05) is 36.9 Å². The number of carbonyl (C=O) groups is 5. The second-order valence-electron chi connectivity index (χ2n) is 14.8. The van der Waals surface area contributed by atoms with E-state index in [2.05, 4.69) is 10.3 Å². The molecule has 11 heteroatoms. The van der Waals surface area contributed by atoms with E-state index in [-0.39, 0.29) is 35.3 Å². The number of aromatic nitrogens is 1. The number of benzene rings is 2. The van der Waals surface area contributed by atoms with Gasteiger partial charge >= 0.3 is 5.97 Å². The predicted octanol–water partition coefficient (Wildman–Crippen LogP) is 6.17. The summed E-state index contributed by atoms with van der Waals surface area (Å²) in [7, 11) is 1.34. The molecule has 0 aliphatic carbocycles. The molecule has 54 heavy (non-hydrogen) atoms. The summed E-state index contributed by atoms with van der Waals surface area (Å²) in [5.74, 6) is -1.54. The zero-order valence-electron chi connectivity index (χ0n) is 31.1. The molecule has 6 atom stereocenters. The van der Waals surface area contributed by atoms with Gasteiger partial charge in [0.15, 0.2) is 0 Å². The van der Waals surface area contributed by atoms with Crippen LogP contribution in [0.3, 0.4) is 0 Å². The average Bonchev–Trinajstić information content (AvgIpc) is 3.48. The minimum absolute atomic E-state index is 0.0325. The van der Waals surface area contributed by atoms with Gasteiger partial charge in [-0.15, -0.1) is 11.8 Å². The van der Waals surface area contributed by atoms with Crippen molar-refractivity contribution in [2.24, 2.45) is 17.8 Å². The molecule has 1 N–H and O–H groups in total. The molecule has 4 heterocycles. The summed E-state index contributed by atoms with van der Waals surface area (Å²) in [4.78, 5) is 76.9. The summed E-state index contributed by atoms with van der Waals surface area (Å²) in [6, 6.07) is 22.0. The Morgan fingerprint density at radius 3 is 2.22 bits per heavy atom. The Balaban J connectivity index is 1.20. The summed E-state index contributed by atoms with van der Waals surface area (Å²) in [6.07, 6.45) is 10.4. The minimum atomic E-state index is -0.760. The van der Waals surface area contributed by atoms with Gasteiger partial charge in [-0.1, -0.05) is 67.1 Å². The van der Waals surface area contributed by atoms with E-state index in [0.717, 1.165) is 42.5 Å². The average molecular weight is 753 g/mol. The third-order valence-corrected chi connectivity index (χ3v) is 12.5. The van der Waals surface area contributed by atoms with Crippen LogP contribution in [0.25, 0.3) is 0 Å². The van der Waals surface area contributed by atoms with Crippen LogP contribution in [-0.2, 0) is 41.6 Å². The number of ether oxygens (including phenoxy) is 1. The summed E-state index contributed by atoms with van der Waals surface area (Å²) in [5, 5.41) is 2.98. The lowest BCUT2D eigenvalue weighted by molar-refractivity contribution is -0.156. The van der Waals surface area contributed by atoms with Crippen molar-refractivity contribution >= 4 is 46.9 Å². The second-order valence-corrected chi connectivity index (χ2v) is 16.1. The smallest absolute Gasteiger partial charge is 0.328 e. The molecular weight excluding hydrogens is 701 g/mol. The first-order valence-electron chi connectivity index (χ1n) is 19.5. The van der Waals surface area contributed by atoms with E-state index >= 15 is 0 Å². The molecule has 0 unspecified atom stereocenters. The van der Waals surface area contributed by atoms with Crippen molar-refractivity contribution in [3.8, 4) is 0 Å². The molecule has 0 bridgehead atoms. The first-order chi connectivity index (χ1) is 26.3. The number of rotatable bonds is 14. The van der Waals surface area contributed by atoms with Crippen molar-refractivity contribution in [3.63, 3.8) is 0 Å². The van der Waals surface area contributed by atoms with Gasteiger partial charge in [-0.3, -0.25) is 24.2 Å². The Morgan fingerprint density at radius 2 is 1.54 bits per heavy atom. The number of piperidine rings is 1. The van der Waals surface area contributed by atoms with E-state index in [4.69, 9.17) is 4.74 Å². The summed E-state index contributed by atoms with van der Waals surface area (Å²) >= 11 is 1.66. The maximum Gasteiger partial charge on any atom is 0.328 e. The number of ketones is 1. The highest BCUT2D eigenvalue weighted by molar-refractivity contribution is 7.99. The molecule has 10 nitrogen and oxygen atoms in total. The quantitative estimate of drug-likeness (QED) is 0.194. The number of methoxy groups -OCH3 is 1. The van der Waals surface area contributed by atoms with Crippen LogP contribution in [0.4, 0.5) is 5.69 Å². The van der Waals surface area contributed by atoms with Gasteiger partial charge in [-0.25, -0.2) is 4.79 Å². The third-order valence-electron chi connectivity index (χ3n) is 11.2. The lowest BCUT2D eigenvalue weighted by Crippen LogP contribution is -2.57. The predicted molar refractivity (Wildman–Crippen MR) is 209 cm³/mol. The van der Waals surface area contributed by atoms with Crippen LogP contribution < -0.4 is 10.2 Å². The van der Waals surface area contributed by atoms with Crippen LogP contribution in [0.1, 0.15) is 75.3 Å². The highest BCUT2D eigenvalue weighted by atomic mass is 32.2. The van der Waals surface area contributed by atoms with E-state index in [1.807, 2.05) is 72.8 Å². The van der Waals surface area contributed by atoms with Gasteiger partial charge in [0.25, 0.3) is 0 Å². The van der Waals surface area contributed by atoms with Crippen molar-refractivity contribution in [1.82, 2.24) is 15.2 Å². The van der Waals surface area contributed by atoms with Gasteiger partial charge in [0.1, 0.15) is 17.9 Å². The molecule has 3 amide bonds. The van der Waals surface area contributed by atoms with Crippen LogP contribution in [0.5, 0.6) is 0 Å². The van der Waals surface area contributed by atoms with Crippen LogP contribution in [-0.4, -0.2) is 76.2 Å². The molecule has 3 aliphatic rings. The fourth-order valence-electron chi connectivity index (χ4n) is 8.23. The molecule has 6 rings (SSSR count). The topological polar surface area (TPSA) is 126 Å². The number of nitrogens with zero attached hydrogens (tertiary/aromatic N) is 3. The highest BCUT2D eigenvalue weighted by Crippen LogP contribution is 2.35. The van der Waals surface area contributed by atoms with Crippen molar-refractivity contribution in [1.29, 1.82) is 0 Å². The van der Waals surface area contributed by atoms with E-state index in [1.165, 1.54) is 7.11 Å². The normalized spacial score (nSPS) is 23.0. The van der Waals surface area contributed by atoms with Gasteiger partial charge in [0.2, 0.25) is 17.7 Å². The zero-order chi connectivity index (χ0) is 37.9. The molecule has 1 aromatic heterocycles. The number of Topliss-reactive ketones (excluding diaryl/α,β-unsaturated/α-hetero) is 1. The van der Waals surface area contributed by atoms with Crippen LogP contribution in [0.15, 0.2) is 85.2 Å². The number of pyridine rings is 1. The van der Waals surface area contributed by atoms with Crippen molar-refractivity contribution in [2.75, 3.05) is 24.3 Å². The summed E-state index contributed by atoms with van der Waals surface area (Å²) < 4.78 is 5.07. The SMILES string of the molecule is COC(=O)[C@@H]1CCC[C@@H]2SCC[C@H](NC(=O)[C@H](CC[C@H](Cc3ccccc3)C(=O)C[C@H]3CCCCN(c4cccnc4)C3=O)Cc3ccccc3)C(=O)N21. The standard InChI is InChI=1S/C43H52N4O6S/c1-53-43(52)37-18-10-19-39-47(37)42(51)36(22-25-54-39)45-40(49)33(27-31-14-6-3-7-15-31)21-20-32(26-30-12-4-2-5-13-30)38(48)28-34-16-8-9-24-46(41(34)50)35-17-11-23-44-29-35/h2-7,11-15,17,23,29,32-34,36-37,39H,8-10,16,18-22,24-28H2,1H3,(H,45,49)/t32-,33-,34-,36+,37+,39+/m1/s1. The monoisotopic (exact) mass is 752 g/mol. The number of nitrogens with one attached hydrogen (secondary N) is 1. The number of hydrogen-bond acceptors (Lipinski definition) is 8. The highest BCUT2D eigenvalue weighted by Gasteiger charge is 2.44. The van der Waals surface area contributed by atoms with E-state index < -0.39 is 35.8 Å². The molecule has 3 saturated heterocycles. The minimum Gasteiger partial charge on any atom is -0.467 e. The molecule has 2 aromatic carbocycles. The molecule has 0 spiro atoms. The fraction of sp³-hybridized carbons (Fsp3) is 0.488. The van der Waals surface area contributed by atoms with E-state index in [0.29, 0.717) is 57.2 Å². The maximum atomic E-state index is 14.3. The molecule has 0 saturated carbocycles. The Morgan fingerprint density at radius 1 is 0.833 bits per heavy atom. The largest absolute Gasteiger partial charge is 0.467 e. The number of hydrogen-bond donors (Lipinski definition) is 1. The molecule has 286 valence electrons. The third kappa shape index (κ3) is 9.96. The van der Waals surface area contributed by atoms with Crippen molar-refractivity contribution in [2.45, 2.75) is 94.5 Å². The van der Waals surface area contributed by atoms with Crippen molar-refractivity contribution in [3.05, 3.63) is 96.3 Å². The van der Waals surface area contributed by atoms with E-state index in [1.54, 1.807) is 34.0 Å². The Kier molecular flexibility index (Phi) is 13.9. The first-order valence-corrected chi connectivity index (χ1v) is 20.5. The number of thioether (sulfide) groups is 1. The molecule has 3 aliphatic heterocycles. The number of esters is 1. The fourth-order valence-corrected chi connectivity index (χ4v) is 9.61. The second kappa shape index (κ2) is 19.2. The van der Waals surface area contributed by atoms with Crippen LogP contribution >= 0.6 is 11.8 Å². The summed E-state index contributed by atoms with van der Waals surface area (Å²) in [6.45, 7) is 0.600. The molecule has 3 fully saturated rings. The van der Waals surface area contributed by atoms with Crippen LogP contribution in [0, 0.1) is 17.8 Å². The molecule has 0 radical (unpaired) electrons. The Bertz CT molecular complexity index is 1730. The van der Waals surface area contributed by atoms with Gasteiger partial charge in [-0.05, 0) is 93.2 Å². The Hall–Kier alpha value is -4.51. The van der Waals surface area contributed by atoms with Gasteiger partial charge < -0.3 is 19.9 Å². The van der Waals surface area contributed by atoms with Crippen LogP contribution in [0.2, 0.25) is 0 Å². The Labute approximate surface area is 322 Å². The number of amides is 3. The summed E-state index contributed by atoms with van der Waals surface area (Å²) in [5.41, 5.74) is 2.77. The maximum absolute atomic E-state index is 14.3. The number of carbonyl (C=O) groups excluding carboxylic acids is 5. The number of anilines is 1.